The van der Waals surface area contributed by atoms with Crippen LogP contribution in [0.4, 0.5) is 21.0 Å². The lowest BCUT2D eigenvalue weighted by Crippen LogP contribution is -2.51. The van der Waals surface area contributed by atoms with Gasteiger partial charge >= 0.3 is 12.1 Å². The molecule has 3 aromatic rings. The number of ether oxygens (including phenoxy) is 1. The molecule has 1 aliphatic rings. The molecule has 0 bridgehead atoms. The van der Waals surface area contributed by atoms with Crippen LogP contribution in [0.2, 0.25) is 0 Å². The number of amides is 5. The number of hydrogen-bond acceptors (Lipinski definition) is 5. The van der Waals surface area contributed by atoms with Crippen molar-refractivity contribution in [2.24, 2.45) is 5.92 Å². The second kappa shape index (κ2) is 12.9. The molecular weight excluding hydrogens is 522 g/mol. The van der Waals surface area contributed by atoms with E-state index in [1.54, 1.807) is 42.0 Å². The third-order valence-corrected chi connectivity index (χ3v) is 7.19. The molecule has 0 aromatic heterocycles. The lowest BCUT2D eigenvalue weighted by atomic mass is 9.99. The van der Waals surface area contributed by atoms with E-state index < -0.39 is 18.2 Å². The largest absolute Gasteiger partial charge is 0.485 e. The molecule has 3 atom stereocenters. The van der Waals surface area contributed by atoms with E-state index in [0.29, 0.717) is 17.9 Å². The molecule has 5 amide bonds. The number of aliphatic hydroxyl groups is 1. The number of likely N-dealkylation sites (N-methyl/N-ethyl adjacent to an activating group) is 1. The van der Waals surface area contributed by atoms with Crippen LogP contribution in [-0.4, -0.2) is 77.8 Å². The Morgan fingerprint density at radius 3 is 2.41 bits per heavy atom. The maximum Gasteiger partial charge on any atom is 0.323 e. The third-order valence-electron chi connectivity index (χ3n) is 7.19. The summed E-state index contributed by atoms with van der Waals surface area (Å²) in [6.45, 7) is 7.85. The van der Waals surface area contributed by atoms with Crippen molar-refractivity contribution in [3.8, 4) is 5.75 Å². The number of aliphatic hydroxyl groups excluding tert-OH is 1. The molecule has 10 heteroatoms. The number of hydrogen-bond donors (Lipinski definition) is 4. The van der Waals surface area contributed by atoms with Crippen molar-refractivity contribution in [1.82, 2.24) is 15.1 Å². The third kappa shape index (κ3) is 6.89. The Labute approximate surface area is 240 Å². The number of para-hydroxylation sites is 1. The molecule has 1 aliphatic heterocycles. The highest BCUT2D eigenvalue weighted by atomic mass is 16.5. The molecule has 1 heterocycles. The van der Waals surface area contributed by atoms with Gasteiger partial charge in [0.15, 0.2) is 5.75 Å². The number of rotatable bonds is 7. The molecule has 0 spiro atoms. The number of anilines is 2. The van der Waals surface area contributed by atoms with Crippen molar-refractivity contribution < 1.29 is 24.2 Å². The lowest BCUT2D eigenvalue weighted by Gasteiger charge is -2.38. The number of nitrogens with one attached hydrogen (secondary N) is 3. The van der Waals surface area contributed by atoms with Crippen molar-refractivity contribution in [2.45, 2.75) is 45.9 Å². The number of nitrogens with zero attached hydrogens (tertiary/aromatic N) is 2. The summed E-state index contributed by atoms with van der Waals surface area (Å²) in [5, 5.41) is 20.4. The Kier molecular flexibility index (Phi) is 9.34. The summed E-state index contributed by atoms with van der Waals surface area (Å²) in [5.41, 5.74) is 1.22. The van der Waals surface area contributed by atoms with E-state index in [2.05, 4.69) is 16.0 Å². The maximum atomic E-state index is 13.7. The van der Waals surface area contributed by atoms with Gasteiger partial charge in [-0.3, -0.25) is 4.79 Å². The van der Waals surface area contributed by atoms with Crippen molar-refractivity contribution in [3.05, 3.63) is 66.2 Å². The van der Waals surface area contributed by atoms with Crippen molar-refractivity contribution in [2.75, 3.05) is 37.4 Å². The molecule has 41 heavy (non-hydrogen) atoms. The minimum atomic E-state index is -0.512. The van der Waals surface area contributed by atoms with Crippen LogP contribution in [0.25, 0.3) is 10.8 Å². The summed E-state index contributed by atoms with van der Waals surface area (Å²) in [6, 6.07) is 17.2. The predicted octanol–water partition coefficient (Wildman–Crippen LogP) is 4.75. The highest BCUT2D eigenvalue weighted by molar-refractivity contribution is 6.08. The number of fused-ring (bicyclic) bond motifs is 2. The number of carbonyl (C=O) groups excluding carboxylic acids is 3. The molecule has 0 saturated carbocycles. The second-order valence-electron chi connectivity index (χ2n) is 10.9. The summed E-state index contributed by atoms with van der Waals surface area (Å²) >= 11 is 0. The van der Waals surface area contributed by atoms with Crippen molar-refractivity contribution >= 4 is 40.1 Å². The zero-order valence-electron chi connectivity index (χ0n) is 24.2. The van der Waals surface area contributed by atoms with Crippen LogP contribution in [0.3, 0.4) is 0 Å². The van der Waals surface area contributed by atoms with E-state index >= 15 is 0 Å². The minimum Gasteiger partial charge on any atom is -0.485 e. The summed E-state index contributed by atoms with van der Waals surface area (Å²) in [7, 11) is 1.69. The topological polar surface area (TPSA) is 123 Å². The summed E-state index contributed by atoms with van der Waals surface area (Å²) in [4.78, 5) is 42.8. The SMILES string of the molecule is CC(C)NC(=O)N(C)C[C@@H]1Oc2c(NC(=O)Nc3cccc4ccccc34)cccc2C(=O)N([C@H](C)CO)C[C@@H]1C. The monoisotopic (exact) mass is 561 g/mol. The average molecular weight is 562 g/mol. The molecule has 0 fully saturated rings. The summed E-state index contributed by atoms with van der Waals surface area (Å²) < 4.78 is 6.49. The minimum absolute atomic E-state index is 0.0316. The van der Waals surface area contributed by atoms with Crippen LogP contribution >= 0.6 is 0 Å². The Hall–Kier alpha value is -4.31. The van der Waals surface area contributed by atoms with Crippen LogP contribution < -0.4 is 20.7 Å². The van der Waals surface area contributed by atoms with Gasteiger partial charge in [-0.15, -0.1) is 0 Å². The average Bonchev–Trinajstić information content (AvgIpc) is 2.94. The Bertz CT molecular complexity index is 1410. The van der Waals surface area contributed by atoms with Crippen molar-refractivity contribution in [1.29, 1.82) is 0 Å². The zero-order valence-corrected chi connectivity index (χ0v) is 24.2. The molecular formula is C31H39N5O5. The van der Waals surface area contributed by atoms with E-state index in [-0.39, 0.29) is 48.4 Å². The molecule has 0 radical (unpaired) electrons. The molecule has 4 N–H and O–H groups in total. The van der Waals surface area contributed by atoms with Crippen molar-refractivity contribution in [3.63, 3.8) is 0 Å². The lowest BCUT2D eigenvalue weighted by molar-refractivity contribution is 0.0368. The molecule has 0 aliphatic carbocycles. The van der Waals surface area contributed by atoms with E-state index in [0.717, 1.165) is 10.8 Å². The fourth-order valence-electron chi connectivity index (χ4n) is 4.88. The van der Waals surface area contributed by atoms with Gasteiger partial charge in [-0.05, 0) is 44.4 Å². The van der Waals surface area contributed by atoms with E-state index in [4.69, 9.17) is 4.74 Å². The Balaban J connectivity index is 1.66. The first-order chi connectivity index (χ1) is 19.6. The zero-order chi connectivity index (χ0) is 29.7. The number of benzene rings is 3. The van der Waals surface area contributed by atoms with Gasteiger partial charge < -0.3 is 35.6 Å². The first kappa shape index (κ1) is 29.7. The fraction of sp³-hybridized carbons (Fsp3) is 0.387. The van der Waals surface area contributed by atoms with Crippen LogP contribution in [-0.2, 0) is 0 Å². The van der Waals surface area contributed by atoms with Crippen LogP contribution in [0.15, 0.2) is 60.7 Å². The summed E-state index contributed by atoms with van der Waals surface area (Å²) in [5.74, 6) is -0.293. The highest BCUT2D eigenvalue weighted by Gasteiger charge is 2.35. The second-order valence-corrected chi connectivity index (χ2v) is 10.9. The molecule has 4 rings (SSSR count). The van der Waals surface area contributed by atoms with Gasteiger partial charge in [-0.1, -0.05) is 49.4 Å². The van der Waals surface area contributed by atoms with Gasteiger partial charge in [0.2, 0.25) is 0 Å². The molecule has 10 nitrogen and oxygen atoms in total. The van der Waals surface area contributed by atoms with Gasteiger partial charge in [0.05, 0.1) is 36.1 Å². The molecule has 0 saturated heterocycles. The van der Waals surface area contributed by atoms with Gasteiger partial charge in [-0.25, -0.2) is 9.59 Å². The quantitative estimate of drug-likeness (QED) is 0.331. The van der Waals surface area contributed by atoms with E-state index in [1.165, 1.54) is 0 Å². The smallest absolute Gasteiger partial charge is 0.323 e. The molecule has 0 unspecified atom stereocenters. The highest BCUT2D eigenvalue weighted by Crippen LogP contribution is 2.35. The molecule has 218 valence electrons. The summed E-state index contributed by atoms with van der Waals surface area (Å²) in [6.07, 6.45) is -0.512. The molecule has 3 aromatic carbocycles. The van der Waals surface area contributed by atoms with Crippen LogP contribution in [0.1, 0.15) is 38.1 Å². The normalized spacial score (nSPS) is 17.6. The predicted molar refractivity (Wildman–Crippen MR) is 160 cm³/mol. The van der Waals surface area contributed by atoms with Gasteiger partial charge in [0.25, 0.3) is 5.91 Å². The number of carbonyl (C=O) groups is 3. The Morgan fingerprint density at radius 1 is 1.02 bits per heavy atom. The van der Waals surface area contributed by atoms with Gasteiger partial charge in [0, 0.05) is 30.9 Å². The first-order valence-corrected chi connectivity index (χ1v) is 13.9. The number of urea groups is 2. The van der Waals surface area contributed by atoms with Gasteiger partial charge in [-0.2, -0.15) is 0 Å². The van der Waals surface area contributed by atoms with Crippen LogP contribution in [0.5, 0.6) is 5.75 Å². The Morgan fingerprint density at radius 2 is 1.68 bits per heavy atom. The van der Waals surface area contributed by atoms with E-state index in [9.17, 15) is 19.5 Å². The maximum absolute atomic E-state index is 13.7. The fourth-order valence-corrected chi connectivity index (χ4v) is 4.88. The standard InChI is InChI=1S/C31H39N5O5/c1-19(2)32-31(40)35(5)17-27-20(3)16-36(21(4)18-37)29(38)24-13-9-15-26(28(24)41-27)34-30(39)33-25-14-8-11-22-10-6-7-12-23(22)25/h6-15,19-21,27,37H,16-18H2,1-5H3,(H,32,40)(H2,33,34,39)/t20-,21+,27-/m0/s1. The van der Waals surface area contributed by atoms with E-state index in [1.807, 2.05) is 63.2 Å². The van der Waals surface area contributed by atoms with Gasteiger partial charge in [0.1, 0.15) is 6.10 Å². The van der Waals surface area contributed by atoms with Crippen LogP contribution in [0, 0.1) is 5.92 Å². The first-order valence-electron chi connectivity index (χ1n) is 13.9.